The van der Waals surface area contributed by atoms with Crippen LogP contribution in [0, 0.1) is 12.7 Å². The Morgan fingerprint density at radius 3 is 2.32 bits per heavy atom. The number of aryl methyl sites for hydroxylation is 1. The first kappa shape index (κ1) is 12.9. The maximum absolute atomic E-state index is 13.4. The van der Waals surface area contributed by atoms with Crippen LogP contribution in [0.2, 0.25) is 0 Å². The van der Waals surface area contributed by atoms with Crippen molar-refractivity contribution in [2.24, 2.45) is 0 Å². The minimum Gasteiger partial charge on any atom is -0.399 e. The largest absolute Gasteiger partial charge is 0.399 e. The van der Waals surface area contributed by atoms with Gasteiger partial charge in [-0.3, -0.25) is 4.79 Å². The van der Waals surface area contributed by atoms with Gasteiger partial charge in [0.15, 0.2) is 0 Å². The van der Waals surface area contributed by atoms with Crippen LogP contribution in [-0.2, 0) is 0 Å². The third-order valence-corrected chi connectivity index (χ3v) is 2.67. The number of anilines is 3. The van der Waals surface area contributed by atoms with Gasteiger partial charge in [0, 0.05) is 22.6 Å². The monoisotopic (exact) mass is 259 g/mol. The molecule has 0 saturated heterocycles. The van der Waals surface area contributed by atoms with Crippen molar-refractivity contribution in [2.75, 3.05) is 16.8 Å². The van der Waals surface area contributed by atoms with Gasteiger partial charge < -0.3 is 16.8 Å². The Hall–Kier alpha value is -2.56. The van der Waals surface area contributed by atoms with Crippen LogP contribution in [0.5, 0.6) is 0 Å². The van der Waals surface area contributed by atoms with Gasteiger partial charge in [-0.15, -0.1) is 0 Å². The maximum atomic E-state index is 13.4. The number of carbonyl (C=O) groups excluding carboxylic acids is 1. The Bertz CT molecular complexity index is 620. The Morgan fingerprint density at radius 1 is 1.11 bits per heavy atom. The molecule has 2 rings (SSSR count). The van der Waals surface area contributed by atoms with E-state index in [1.54, 1.807) is 25.1 Å². The molecular weight excluding hydrogens is 245 g/mol. The van der Waals surface area contributed by atoms with Gasteiger partial charge in [-0.05, 0) is 42.8 Å². The molecule has 0 aliphatic rings. The van der Waals surface area contributed by atoms with Crippen molar-refractivity contribution in [3.05, 3.63) is 53.3 Å². The van der Waals surface area contributed by atoms with Crippen LogP contribution in [0.15, 0.2) is 36.4 Å². The van der Waals surface area contributed by atoms with Crippen LogP contribution in [0.4, 0.5) is 21.5 Å². The van der Waals surface area contributed by atoms with Gasteiger partial charge in [0.25, 0.3) is 5.91 Å². The average molecular weight is 259 g/mol. The van der Waals surface area contributed by atoms with Crippen LogP contribution in [0.1, 0.15) is 15.9 Å². The molecule has 1 amide bonds. The molecule has 0 saturated carbocycles. The molecule has 4 nitrogen and oxygen atoms in total. The number of rotatable bonds is 2. The van der Waals surface area contributed by atoms with Crippen molar-refractivity contribution in [1.29, 1.82) is 0 Å². The standard InChI is InChI=1S/C14H14FN3O/c1-8-2-3-12(7-13(8)15)18-14(19)9-4-10(16)6-11(17)5-9/h2-7H,16-17H2,1H3,(H,18,19). The average Bonchev–Trinajstić information content (AvgIpc) is 2.32. The third kappa shape index (κ3) is 3.01. The molecule has 0 bridgehead atoms. The number of nitrogens with one attached hydrogen (secondary N) is 1. The van der Waals surface area contributed by atoms with Crippen molar-refractivity contribution in [3.63, 3.8) is 0 Å². The minimum atomic E-state index is -0.387. The first-order valence-corrected chi connectivity index (χ1v) is 5.69. The van der Waals surface area contributed by atoms with E-state index in [2.05, 4.69) is 5.32 Å². The van der Waals surface area contributed by atoms with E-state index in [0.717, 1.165) is 0 Å². The fraction of sp³-hybridized carbons (Fsp3) is 0.0714. The summed E-state index contributed by atoms with van der Waals surface area (Å²) < 4.78 is 13.4. The summed E-state index contributed by atoms with van der Waals surface area (Å²) in [6.07, 6.45) is 0. The topological polar surface area (TPSA) is 81.1 Å². The lowest BCUT2D eigenvalue weighted by molar-refractivity contribution is 0.102. The number of nitrogen functional groups attached to an aromatic ring is 2. The van der Waals surface area contributed by atoms with Crippen LogP contribution >= 0.6 is 0 Å². The molecule has 98 valence electrons. The molecule has 19 heavy (non-hydrogen) atoms. The second kappa shape index (κ2) is 4.97. The van der Waals surface area contributed by atoms with Gasteiger partial charge >= 0.3 is 0 Å². The van der Waals surface area contributed by atoms with E-state index in [-0.39, 0.29) is 11.7 Å². The van der Waals surface area contributed by atoms with Gasteiger partial charge in [0.2, 0.25) is 0 Å². The van der Waals surface area contributed by atoms with Crippen LogP contribution in [0.3, 0.4) is 0 Å². The summed E-state index contributed by atoms with van der Waals surface area (Å²) in [6, 6.07) is 9.07. The fourth-order valence-electron chi connectivity index (χ4n) is 1.68. The fourth-order valence-corrected chi connectivity index (χ4v) is 1.68. The van der Waals surface area contributed by atoms with Gasteiger partial charge in [-0.25, -0.2) is 4.39 Å². The van der Waals surface area contributed by atoms with E-state index in [1.165, 1.54) is 18.2 Å². The van der Waals surface area contributed by atoms with E-state index in [0.29, 0.717) is 28.2 Å². The van der Waals surface area contributed by atoms with E-state index < -0.39 is 0 Å². The normalized spacial score (nSPS) is 10.2. The lowest BCUT2D eigenvalue weighted by Crippen LogP contribution is -2.13. The zero-order valence-corrected chi connectivity index (χ0v) is 10.4. The molecule has 0 aromatic heterocycles. The van der Waals surface area contributed by atoms with Crippen molar-refractivity contribution < 1.29 is 9.18 Å². The second-order valence-corrected chi connectivity index (χ2v) is 4.31. The van der Waals surface area contributed by atoms with E-state index in [4.69, 9.17) is 11.5 Å². The molecule has 0 unspecified atom stereocenters. The smallest absolute Gasteiger partial charge is 0.255 e. The Morgan fingerprint density at radius 2 is 1.74 bits per heavy atom. The molecule has 5 heteroatoms. The molecule has 0 aliphatic carbocycles. The van der Waals surface area contributed by atoms with Crippen LogP contribution in [-0.4, -0.2) is 5.91 Å². The molecule has 0 radical (unpaired) electrons. The summed E-state index contributed by atoms with van der Waals surface area (Å²) in [4.78, 5) is 12.0. The summed E-state index contributed by atoms with van der Waals surface area (Å²) in [5.41, 5.74) is 13.3. The molecule has 0 aliphatic heterocycles. The van der Waals surface area contributed by atoms with E-state index in [1.807, 2.05) is 0 Å². The molecule has 0 atom stereocenters. The Labute approximate surface area is 110 Å². The lowest BCUT2D eigenvalue weighted by atomic mass is 10.1. The van der Waals surface area contributed by atoms with Gasteiger partial charge in [-0.2, -0.15) is 0 Å². The quantitative estimate of drug-likeness (QED) is 0.725. The first-order valence-electron chi connectivity index (χ1n) is 5.69. The summed E-state index contributed by atoms with van der Waals surface area (Å²) in [6.45, 7) is 1.65. The SMILES string of the molecule is Cc1ccc(NC(=O)c2cc(N)cc(N)c2)cc1F. The summed E-state index contributed by atoms with van der Waals surface area (Å²) >= 11 is 0. The summed E-state index contributed by atoms with van der Waals surface area (Å²) in [5.74, 6) is -0.757. The maximum Gasteiger partial charge on any atom is 0.255 e. The highest BCUT2D eigenvalue weighted by Gasteiger charge is 2.08. The molecule has 2 aromatic rings. The van der Waals surface area contributed by atoms with E-state index >= 15 is 0 Å². The third-order valence-electron chi connectivity index (χ3n) is 2.67. The van der Waals surface area contributed by atoms with Crippen LogP contribution < -0.4 is 16.8 Å². The number of nitrogens with two attached hydrogens (primary N) is 2. The van der Waals surface area contributed by atoms with Crippen LogP contribution in [0.25, 0.3) is 0 Å². The Balaban J connectivity index is 2.22. The molecule has 0 fully saturated rings. The predicted molar refractivity (Wildman–Crippen MR) is 74.4 cm³/mol. The van der Waals surface area contributed by atoms with E-state index in [9.17, 15) is 9.18 Å². The number of benzene rings is 2. The van der Waals surface area contributed by atoms with Crippen molar-refractivity contribution in [2.45, 2.75) is 6.92 Å². The first-order chi connectivity index (χ1) is 8.95. The molecule has 5 N–H and O–H groups in total. The summed E-state index contributed by atoms with van der Waals surface area (Å²) in [5, 5.41) is 2.59. The number of hydrogen-bond acceptors (Lipinski definition) is 3. The Kier molecular flexibility index (Phi) is 3.37. The zero-order valence-electron chi connectivity index (χ0n) is 10.4. The molecular formula is C14H14FN3O. The minimum absolute atomic E-state index is 0.332. The highest BCUT2D eigenvalue weighted by molar-refractivity contribution is 6.05. The highest BCUT2D eigenvalue weighted by atomic mass is 19.1. The molecule has 0 spiro atoms. The van der Waals surface area contributed by atoms with Gasteiger partial charge in [-0.1, -0.05) is 6.07 Å². The number of amides is 1. The molecule has 2 aromatic carbocycles. The predicted octanol–water partition coefficient (Wildman–Crippen LogP) is 2.55. The molecule has 0 heterocycles. The summed E-state index contributed by atoms with van der Waals surface area (Å²) in [7, 11) is 0. The van der Waals surface area contributed by atoms with Crippen molar-refractivity contribution >= 4 is 23.0 Å². The van der Waals surface area contributed by atoms with Gasteiger partial charge in [0.1, 0.15) is 5.82 Å². The number of carbonyl (C=O) groups is 1. The number of halogens is 1. The number of hydrogen-bond donors (Lipinski definition) is 3. The highest BCUT2D eigenvalue weighted by Crippen LogP contribution is 2.17. The lowest BCUT2D eigenvalue weighted by Gasteiger charge is -2.08. The second-order valence-electron chi connectivity index (χ2n) is 4.31. The zero-order chi connectivity index (χ0) is 14.0. The van der Waals surface area contributed by atoms with Crippen molar-refractivity contribution in [3.8, 4) is 0 Å². The van der Waals surface area contributed by atoms with Crippen molar-refractivity contribution in [1.82, 2.24) is 0 Å². The van der Waals surface area contributed by atoms with Gasteiger partial charge in [0.05, 0.1) is 0 Å².